The van der Waals surface area contributed by atoms with Gasteiger partial charge in [0.1, 0.15) is 16.8 Å². The predicted molar refractivity (Wildman–Crippen MR) is 62.3 cm³/mol. The lowest BCUT2D eigenvalue weighted by atomic mass is 10.3. The van der Waals surface area contributed by atoms with Crippen LogP contribution in [0.5, 0.6) is 0 Å². The molecule has 1 fully saturated rings. The molecule has 2 rings (SSSR count). The zero-order valence-corrected chi connectivity index (χ0v) is 9.72. The molecule has 1 aliphatic carbocycles. The predicted octanol–water partition coefficient (Wildman–Crippen LogP) is 2.90. The molecule has 0 amide bonds. The average Bonchev–Trinajstić information content (AvgIpc) is 3.01. The van der Waals surface area contributed by atoms with E-state index in [1.54, 1.807) is 6.07 Å². The van der Waals surface area contributed by atoms with E-state index in [1.165, 1.54) is 19.3 Å². The molecule has 82 valence electrons. The first-order valence-electron chi connectivity index (χ1n) is 5.55. The number of halogens is 1. The summed E-state index contributed by atoms with van der Waals surface area (Å²) in [4.78, 5) is 8.48. The quantitative estimate of drug-likeness (QED) is 0.784. The Hall–Kier alpha value is -0.830. The van der Waals surface area contributed by atoms with E-state index in [9.17, 15) is 0 Å². The third-order valence-electron chi connectivity index (χ3n) is 2.61. The van der Waals surface area contributed by atoms with Crippen molar-refractivity contribution in [3.8, 4) is 0 Å². The zero-order chi connectivity index (χ0) is 10.7. The van der Waals surface area contributed by atoms with Crippen LogP contribution < -0.4 is 5.32 Å². The molecular formula is C11H16ClN3. The Kier molecular flexibility index (Phi) is 3.41. The van der Waals surface area contributed by atoms with Crippen LogP contribution >= 0.6 is 11.6 Å². The summed E-state index contributed by atoms with van der Waals surface area (Å²) in [6.07, 6.45) is 4.85. The fraction of sp³-hybridized carbons (Fsp3) is 0.636. The summed E-state index contributed by atoms with van der Waals surface area (Å²) < 4.78 is 0. The summed E-state index contributed by atoms with van der Waals surface area (Å²) in [5.74, 6) is 2.60. The van der Waals surface area contributed by atoms with Crippen molar-refractivity contribution in [1.82, 2.24) is 9.97 Å². The molecule has 1 N–H and O–H groups in total. The highest BCUT2D eigenvalue weighted by Gasteiger charge is 2.20. The standard InChI is InChI=1S/C11H16ClN3/c1-2-10-14-9(12)7-11(15-10)13-6-5-8-3-4-8/h7-8H,2-6H2,1H3,(H,13,14,15). The van der Waals surface area contributed by atoms with Gasteiger partial charge in [-0.3, -0.25) is 0 Å². The molecule has 0 atom stereocenters. The molecule has 1 saturated carbocycles. The van der Waals surface area contributed by atoms with E-state index in [1.807, 2.05) is 6.92 Å². The van der Waals surface area contributed by atoms with Gasteiger partial charge in [0.2, 0.25) is 0 Å². The van der Waals surface area contributed by atoms with E-state index >= 15 is 0 Å². The number of hydrogen-bond acceptors (Lipinski definition) is 3. The molecule has 1 aromatic heterocycles. The first-order valence-corrected chi connectivity index (χ1v) is 5.93. The molecule has 0 bridgehead atoms. The van der Waals surface area contributed by atoms with E-state index < -0.39 is 0 Å². The van der Waals surface area contributed by atoms with Gasteiger partial charge in [-0.25, -0.2) is 9.97 Å². The van der Waals surface area contributed by atoms with E-state index in [0.717, 1.165) is 30.5 Å². The maximum Gasteiger partial charge on any atom is 0.134 e. The molecule has 0 aromatic carbocycles. The summed E-state index contributed by atoms with van der Waals surface area (Å²) in [5.41, 5.74) is 0. The number of aryl methyl sites for hydroxylation is 1. The van der Waals surface area contributed by atoms with E-state index in [4.69, 9.17) is 11.6 Å². The Balaban J connectivity index is 1.90. The zero-order valence-electron chi connectivity index (χ0n) is 8.96. The number of aromatic nitrogens is 2. The Morgan fingerprint density at radius 2 is 2.27 bits per heavy atom. The summed E-state index contributed by atoms with van der Waals surface area (Å²) in [6.45, 7) is 3.01. The summed E-state index contributed by atoms with van der Waals surface area (Å²) in [6, 6.07) is 1.79. The lowest BCUT2D eigenvalue weighted by Crippen LogP contribution is -2.06. The van der Waals surface area contributed by atoms with Gasteiger partial charge < -0.3 is 5.32 Å². The molecule has 3 nitrogen and oxygen atoms in total. The van der Waals surface area contributed by atoms with Crippen molar-refractivity contribution in [2.24, 2.45) is 5.92 Å². The SMILES string of the molecule is CCc1nc(Cl)cc(NCCC2CC2)n1. The molecule has 0 radical (unpaired) electrons. The maximum atomic E-state index is 5.89. The van der Waals surface area contributed by atoms with Crippen molar-refractivity contribution in [3.05, 3.63) is 17.0 Å². The Labute approximate surface area is 95.3 Å². The fourth-order valence-corrected chi connectivity index (χ4v) is 1.73. The molecule has 1 heterocycles. The van der Waals surface area contributed by atoms with Crippen LogP contribution in [0.4, 0.5) is 5.82 Å². The topological polar surface area (TPSA) is 37.8 Å². The van der Waals surface area contributed by atoms with Crippen molar-refractivity contribution in [2.45, 2.75) is 32.6 Å². The van der Waals surface area contributed by atoms with Crippen LogP contribution in [0.1, 0.15) is 32.0 Å². The Morgan fingerprint density at radius 1 is 1.47 bits per heavy atom. The van der Waals surface area contributed by atoms with Gasteiger partial charge in [0, 0.05) is 19.0 Å². The second-order valence-electron chi connectivity index (χ2n) is 4.00. The molecule has 4 heteroatoms. The molecule has 15 heavy (non-hydrogen) atoms. The summed E-state index contributed by atoms with van der Waals surface area (Å²) in [7, 11) is 0. The number of nitrogens with zero attached hydrogens (tertiary/aromatic N) is 2. The molecule has 0 aliphatic heterocycles. The highest BCUT2D eigenvalue weighted by molar-refractivity contribution is 6.29. The van der Waals surface area contributed by atoms with Gasteiger partial charge in [-0.15, -0.1) is 0 Å². The minimum Gasteiger partial charge on any atom is -0.370 e. The van der Waals surface area contributed by atoms with Gasteiger partial charge in [-0.1, -0.05) is 31.4 Å². The normalized spacial score (nSPS) is 15.3. The molecule has 0 spiro atoms. The third kappa shape index (κ3) is 3.34. The average molecular weight is 226 g/mol. The highest BCUT2D eigenvalue weighted by Crippen LogP contribution is 2.32. The number of hydrogen-bond donors (Lipinski definition) is 1. The van der Waals surface area contributed by atoms with Gasteiger partial charge in [-0.05, 0) is 12.3 Å². The van der Waals surface area contributed by atoms with E-state index in [0.29, 0.717) is 5.15 Å². The monoisotopic (exact) mass is 225 g/mol. The Morgan fingerprint density at radius 3 is 2.93 bits per heavy atom. The van der Waals surface area contributed by atoms with E-state index in [-0.39, 0.29) is 0 Å². The number of rotatable bonds is 5. The van der Waals surface area contributed by atoms with Crippen molar-refractivity contribution in [2.75, 3.05) is 11.9 Å². The van der Waals surface area contributed by atoms with Gasteiger partial charge in [0.15, 0.2) is 0 Å². The van der Waals surface area contributed by atoms with Gasteiger partial charge >= 0.3 is 0 Å². The number of nitrogens with one attached hydrogen (secondary N) is 1. The second-order valence-corrected chi connectivity index (χ2v) is 4.39. The van der Waals surface area contributed by atoms with Crippen LogP contribution in [0.2, 0.25) is 5.15 Å². The van der Waals surface area contributed by atoms with Crippen LogP contribution in [0.25, 0.3) is 0 Å². The van der Waals surface area contributed by atoms with Crippen molar-refractivity contribution in [3.63, 3.8) is 0 Å². The molecular weight excluding hydrogens is 210 g/mol. The number of anilines is 1. The minimum absolute atomic E-state index is 0.524. The lowest BCUT2D eigenvalue weighted by molar-refractivity contribution is 0.757. The second kappa shape index (κ2) is 4.79. The minimum atomic E-state index is 0.524. The van der Waals surface area contributed by atoms with Crippen LogP contribution in [-0.2, 0) is 6.42 Å². The summed E-state index contributed by atoms with van der Waals surface area (Å²) >= 11 is 5.89. The van der Waals surface area contributed by atoms with Crippen LogP contribution in [0, 0.1) is 5.92 Å². The molecule has 1 aliphatic rings. The molecule has 1 aromatic rings. The first-order chi connectivity index (χ1) is 7.28. The van der Waals surface area contributed by atoms with Crippen LogP contribution in [0.3, 0.4) is 0 Å². The smallest absolute Gasteiger partial charge is 0.134 e. The van der Waals surface area contributed by atoms with Crippen LogP contribution in [-0.4, -0.2) is 16.5 Å². The highest BCUT2D eigenvalue weighted by atomic mass is 35.5. The van der Waals surface area contributed by atoms with Gasteiger partial charge in [-0.2, -0.15) is 0 Å². The van der Waals surface area contributed by atoms with Gasteiger partial charge in [0.05, 0.1) is 0 Å². The van der Waals surface area contributed by atoms with Crippen molar-refractivity contribution in [1.29, 1.82) is 0 Å². The summed E-state index contributed by atoms with van der Waals surface area (Å²) in [5, 5.41) is 3.82. The first kappa shape index (κ1) is 10.7. The van der Waals surface area contributed by atoms with E-state index in [2.05, 4.69) is 15.3 Å². The third-order valence-corrected chi connectivity index (χ3v) is 2.81. The Bertz CT molecular complexity index is 337. The largest absolute Gasteiger partial charge is 0.370 e. The lowest BCUT2D eigenvalue weighted by Gasteiger charge is -2.06. The molecule has 0 saturated heterocycles. The fourth-order valence-electron chi connectivity index (χ4n) is 1.52. The van der Waals surface area contributed by atoms with Crippen molar-refractivity contribution < 1.29 is 0 Å². The van der Waals surface area contributed by atoms with Crippen molar-refractivity contribution >= 4 is 17.4 Å². The molecule has 0 unspecified atom stereocenters. The van der Waals surface area contributed by atoms with Gasteiger partial charge in [0.25, 0.3) is 0 Å². The van der Waals surface area contributed by atoms with Crippen LogP contribution in [0.15, 0.2) is 6.07 Å². The maximum absolute atomic E-state index is 5.89.